The maximum Gasteiger partial charge on any atom is 0.325 e. The van der Waals surface area contributed by atoms with E-state index in [1.807, 2.05) is 0 Å². The van der Waals surface area contributed by atoms with Crippen molar-refractivity contribution in [3.05, 3.63) is 53.5 Å². The summed E-state index contributed by atoms with van der Waals surface area (Å²) >= 11 is 0. The highest BCUT2D eigenvalue weighted by Crippen LogP contribution is 2.31. The van der Waals surface area contributed by atoms with E-state index in [1.165, 1.54) is 23.6 Å². The van der Waals surface area contributed by atoms with Crippen molar-refractivity contribution in [3.63, 3.8) is 0 Å². The van der Waals surface area contributed by atoms with Crippen molar-refractivity contribution in [2.75, 3.05) is 23.7 Å². The molecule has 10 heteroatoms. The number of anilines is 1. The lowest BCUT2D eigenvalue weighted by Gasteiger charge is -2.29. The summed E-state index contributed by atoms with van der Waals surface area (Å²) < 4.78 is 30.6. The molecule has 3 amide bonds. The lowest BCUT2D eigenvalue weighted by atomic mass is 9.98. The van der Waals surface area contributed by atoms with Crippen LogP contribution in [0.2, 0.25) is 0 Å². The first-order chi connectivity index (χ1) is 14.1. The van der Waals surface area contributed by atoms with Gasteiger partial charge in [-0.05, 0) is 55.7 Å². The number of imide groups is 1. The first kappa shape index (κ1) is 20.1. The number of aryl methyl sites for hydroxylation is 1. The van der Waals surface area contributed by atoms with Crippen LogP contribution < -0.4 is 9.62 Å². The van der Waals surface area contributed by atoms with Crippen LogP contribution in [0, 0.1) is 0 Å². The molecule has 3 heterocycles. The highest BCUT2D eigenvalue weighted by molar-refractivity contribution is 7.92. The SMILES string of the molecule is CC1(c2ccco2)NC(=O)N(CC(=O)c2ccc3c(c2)CCCN3S(C)(=O)=O)C1=O. The number of nitrogens with zero attached hydrogens (tertiary/aromatic N) is 2. The second-order valence-corrected chi connectivity index (χ2v) is 9.54. The molecular weight excluding hydrogens is 410 g/mol. The molecule has 1 aromatic heterocycles. The molecule has 158 valence electrons. The minimum Gasteiger partial charge on any atom is -0.466 e. The zero-order chi connectivity index (χ0) is 21.7. The molecule has 1 atom stereocenters. The molecule has 2 aliphatic heterocycles. The van der Waals surface area contributed by atoms with Crippen LogP contribution in [-0.2, 0) is 26.8 Å². The maximum atomic E-state index is 12.8. The van der Waals surface area contributed by atoms with Crippen LogP contribution in [0.1, 0.15) is 35.0 Å². The van der Waals surface area contributed by atoms with Gasteiger partial charge in [-0.25, -0.2) is 13.2 Å². The van der Waals surface area contributed by atoms with Crippen LogP contribution in [-0.4, -0.2) is 50.4 Å². The molecule has 4 rings (SSSR count). The number of urea groups is 1. The molecule has 9 nitrogen and oxygen atoms in total. The number of benzene rings is 1. The topological polar surface area (TPSA) is 117 Å². The van der Waals surface area contributed by atoms with Gasteiger partial charge in [-0.3, -0.25) is 18.8 Å². The number of carbonyl (C=O) groups is 3. The summed E-state index contributed by atoms with van der Waals surface area (Å²) in [5.41, 5.74) is 0.249. The van der Waals surface area contributed by atoms with E-state index in [0.29, 0.717) is 30.6 Å². The number of amides is 3. The van der Waals surface area contributed by atoms with E-state index >= 15 is 0 Å². The van der Waals surface area contributed by atoms with Crippen LogP contribution in [0.4, 0.5) is 10.5 Å². The van der Waals surface area contributed by atoms with Crippen molar-refractivity contribution in [2.24, 2.45) is 0 Å². The van der Waals surface area contributed by atoms with Crippen molar-refractivity contribution in [1.29, 1.82) is 0 Å². The van der Waals surface area contributed by atoms with Gasteiger partial charge in [-0.1, -0.05) is 0 Å². The van der Waals surface area contributed by atoms with Crippen molar-refractivity contribution < 1.29 is 27.2 Å². The normalized spacial score (nSPS) is 21.5. The number of rotatable bonds is 5. The molecule has 2 aliphatic rings. The summed E-state index contributed by atoms with van der Waals surface area (Å²) in [6.45, 7) is 1.50. The van der Waals surface area contributed by atoms with Gasteiger partial charge in [0, 0.05) is 12.1 Å². The number of furan rings is 1. The minimum absolute atomic E-state index is 0.283. The smallest absolute Gasteiger partial charge is 0.325 e. The molecule has 0 aliphatic carbocycles. The summed E-state index contributed by atoms with van der Waals surface area (Å²) in [6, 6.07) is 7.28. The first-order valence-electron chi connectivity index (χ1n) is 9.43. The quantitative estimate of drug-likeness (QED) is 0.568. The average molecular weight is 431 g/mol. The van der Waals surface area contributed by atoms with E-state index in [9.17, 15) is 22.8 Å². The summed E-state index contributed by atoms with van der Waals surface area (Å²) in [6.07, 6.45) is 3.84. The molecule has 1 unspecified atom stereocenters. The summed E-state index contributed by atoms with van der Waals surface area (Å²) in [7, 11) is -3.41. The molecule has 0 saturated carbocycles. The Morgan fingerprint density at radius 1 is 1.27 bits per heavy atom. The zero-order valence-electron chi connectivity index (χ0n) is 16.5. The second kappa shape index (κ2) is 6.98. The largest absolute Gasteiger partial charge is 0.466 e. The van der Waals surface area contributed by atoms with E-state index in [4.69, 9.17) is 4.42 Å². The first-order valence-corrected chi connectivity index (χ1v) is 11.3. The third-order valence-electron chi connectivity index (χ3n) is 5.47. The van der Waals surface area contributed by atoms with Crippen molar-refractivity contribution in [2.45, 2.75) is 25.3 Å². The van der Waals surface area contributed by atoms with Crippen LogP contribution in [0.3, 0.4) is 0 Å². The van der Waals surface area contributed by atoms with E-state index in [1.54, 1.807) is 24.3 Å². The Bertz CT molecular complexity index is 1140. The van der Waals surface area contributed by atoms with Gasteiger partial charge in [0.25, 0.3) is 5.91 Å². The van der Waals surface area contributed by atoms with E-state index in [2.05, 4.69) is 5.32 Å². The Morgan fingerprint density at radius 2 is 2.03 bits per heavy atom. The Hall–Kier alpha value is -3.14. The summed E-state index contributed by atoms with van der Waals surface area (Å²) in [5, 5.41) is 2.58. The molecule has 0 spiro atoms. The number of sulfonamides is 1. The van der Waals surface area contributed by atoms with Gasteiger partial charge in [0.15, 0.2) is 11.3 Å². The molecule has 1 aromatic carbocycles. The molecule has 30 heavy (non-hydrogen) atoms. The lowest BCUT2D eigenvalue weighted by Crippen LogP contribution is -2.41. The van der Waals surface area contributed by atoms with Gasteiger partial charge in [0.05, 0.1) is 24.8 Å². The van der Waals surface area contributed by atoms with Gasteiger partial charge in [-0.2, -0.15) is 0 Å². The van der Waals surface area contributed by atoms with E-state index in [-0.39, 0.29) is 5.76 Å². The molecule has 1 N–H and O–H groups in total. The standard InChI is InChI=1S/C20H21N3O6S/c1-20(17-6-4-10-29-17)18(25)22(19(26)21-20)12-16(24)14-7-8-15-13(11-14)5-3-9-23(15)30(2,27)28/h4,6-8,10-11H,3,5,9,12H2,1-2H3,(H,21,26). The summed E-state index contributed by atoms with van der Waals surface area (Å²) in [4.78, 5) is 38.9. The molecule has 0 bridgehead atoms. The van der Waals surface area contributed by atoms with Crippen LogP contribution in [0.5, 0.6) is 0 Å². The number of carbonyl (C=O) groups excluding carboxylic acids is 3. The molecular formula is C20H21N3O6S. The minimum atomic E-state index is -3.41. The number of fused-ring (bicyclic) bond motifs is 1. The fourth-order valence-corrected chi connectivity index (χ4v) is 4.88. The van der Waals surface area contributed by atoms with Crippen molar-refractivity contribution in [1.82, 2.24) is 10.2 Å². The Balaban J connectivity index is 1.56. The highest BCUT2D eigenvalue weighted by atomic mass is 32.2. The van der Waals surface area contributed by atoms with Gasteiger partial charge < -0.3 is 9.73 Å². The molecule has 1 fully saturated rings. The number of hydrogen-bond donors (Lipinski definition) is 1. The maximum absolute atomic E-state index is 12.8. The average Bonchev–Trinajstić information content (AvgIpc) is 3.31. The van der Waals surface area contributed by atoms with Gasteiger partial charge >= 0.3 is 6.03 Å². The third kappa shape index (κ3) is 3.26. The highest BCUT2D eigenvalue weighted by Gasteiger charge is 2.51. The number of Topliss-reactive ketones (excluding diaryl/α,β-unsaturated/α-hetero) is 1. The van der Waals surface area contributed by atoms with Crippen LogP contribution in [0.15, 0.2) is 41.0 Å². The monoisotopic (exact) mass is 431 g/mol. The van der Waals surface area contributed by atoms with Gasteiger partial charge in [0.1, 0.15) is 5.76 Å². The van der Waals surface area contributed by atoms with Crippen LogP contribution >= 0.6 is 0 Å². The fraction of sp³-hybridized carbons (Fsp3) is 0.350. The Morgan fingerprint density at radius 3 is 2.70 bits per heavy atom. The predicted molar refractivity (Wildman–Crippen MR) is 108 cm³/mol. The molecule has 0 radical (unpaired) electrons. The predicted octanol–water partition coefficient (Wildman–Crippen LogP) is 1.64. The lowest BCUT2D eigenvalue weighted by molar-refractivity contribution is -0.131. The molecule has 1 saturated heterocycles. The van der Waals surface area contributed by atoms with E-state index in [0.717, 1.165) is 16.7 Å². The number of ketones is 1. The van der Waals surface area contributed by atoms with Gasteiger partial charge in [0.2, 0.25) is 10.0 Å². The van der Waals surface area contributed by atoms with Gasteiger partial charge in [-0.15, -0.1) is 0 Å². The van der Waals surface area contributed by atoms with Crippen LogP contribution in [0.25, 0.3) is 0 Å². The zero-order valence-corrected chi connectivity index (χ0v) is 17.4. The Labute approximate surface area is 173 Å². The van der Waals surface area contributed by atoms with Crippen molar-refractivity contribution >= 4 is 33.4 Å². The molecule has 2 aromatic rings. The van der Waals surface area contributed by atoms with E-state index < -0.39 is 39.8 Å². The number of hydrogen-bond acceptors (Lipinski definition) is 6. The van der Waals surface area contributed by atoms with Crippen molar-refractivity contribution in [3.8, 4) is 0 Å². The number of nitrogens with one attached hydrogen (secondary N) is 1. The Kier molecular flexibility index (Phi) is 4.69. The third-order valence-corrected chi connectivity index (χ3v) is 6.65. The fourth-order valence-electron chi connectivity index (χ4n) is 3.89. The summed E-state index contributed by atoms with van der Waals surface area (Å²) in [5.74, 6) is -0.705. The second-order valence-electron chi connectivity index (χ2n) is 7.63.